The number of carbonyl (C=O) groups excluding carboxylic acids is 2. The minimum atomic E-state index is -5.77. The monoisotopic (exact) mass is 518 g/mol. The molecule has 1 spiro atoms. The van der Waals surface area contributed by atoms with Gasteiger partial charge in [-0.25, -0.2) is 4.79 Å². The SMILES string of the molecule is O=C(OC(C(F)(F)F)C(F)(F)F)N1CCC2(CCCN2C(=O)c2ccn(Cc3ccccc3)n2)CC1. The van der Waals surface area contributed by atoms with Crippen LogP contribution in [0.3, 0.4) is 0 Å². The van der Waals surface area contributed by atoms with Crippen LogP contribution in [0.4, 0.5) is 31.1 Å². The topological polar surface area (TPSA) is 67.7 Å². The third kappa shape index (κ3) is 5.44. The number of benzene rings is 1. The van der Waals surface area contributed by atoms with E-state index in [9.17, 15) is 35.9 Å². The van der Waals surface area contributed by atoms with Gasteiger partial charge in [-0.1, -0.05) is 30.3 Å². The van der Waals surface area contributed by atoms with Gasteiger partial charge in [0.2, 0.25) is 0 Å². The molecule has 0 unspecified atom stereocenters. The number of hydrogen-bond donors (Lipinski definition) is 0. The molecule has 3 heterocycles. The number of halogens is 6. The molecule has 1 aromatic carbocycles. The van der Waals surface area contributed by atoms with Crippen LogP contribution in [0.25, 0.3) is 0 Å². The van der Waals surface area contributed by atoms with Crippen molar-refractivity contribution in [2.75, 3.05) is 19.6 Å². The zero-order valence-electron chi connectivity index (χ0n) is 19.1. The summed E-state index contributed by atoms with van der Waals surface area (Å²) in [4.78, 5) is 27.9. The van der Waals surface area contributed by atoms with E-state index in [2.05, 4.69) is 9.84 Å². The number of alkyl halides is 6. The van der Waals surface area contributed by atoms with Crippen molar-refractivity contribution in [3.05, 3.63) is 53.9 Å². The molecule has 1 aromatic heterocycles. The molecule has 0 N–H and O–H groups in total. The molecule has 2 saturated heterocycles. The summed E-state index contributed by atoms with van der Waals surface area (Å²) in [5.74, 6) is -0.301. The first-order valence-corrected chi connectivity index (χ1v) is 11.4. The van der Waals surface area contributed by atoms with Gasteiger partial charge in [0, 0.05) is 31.4 Å². The second-order valence-corrected chi connectivity index (χ2v) is 9.00. The lowest BCUT2D eigenvalue weighted by atomic mass is 9.85. The van der Waals surface area contributed by atoms with E-state index in [1.807, 2.05) is 30.3 Å². The van der Waals surface area contributed by atoms with Crippen LogP contribution in [-0.2, 0) is 11.3 Å². The van der Waals surface area contributed by atoms with Crippen molar-refractivity contribution in [1.29, 1.82) is 0 Å². The highest BCUT2D eigenvalue weighted by Gasteiger charge is 2.60. The first-order chi connectivity index (χ1) is 16.9. The van der Waals surface area contributed by atoms with Gasteiger partial charge >= 0.3 is 18.4 Å². The van der Waals surface area contributed by atoms with Crippen molar-refractivity contribution in [3.8, 4) is 0 Å². The molecule has 0 saturated carbocycles. The summed E-state index contributed by atoms with van der Waals surface area (Å²) >= 11 is 0. The minimum Gasteiger partial charge on any atom is -0.426 e. The Balaban J connectivity index is 1.39. The van der Waals surface area contributed by atoms with Gasteiger partial charge < -0.3 is 14.5 Å². The molecule has 0 aliphatic carbocycles. The Morgan fingerprint density at radius 3 is 2.19 bits per heavy atom. The van der Waals surface area contributed by atoms with Crippen LogP contribution < -0.4 is 0 Å². The van der Waals surface area contributed by atoms with E-state index >= 15 is 0 Å². The molecule has 7 nitrogen and oxygen atoms in total. The number of likely N-dealkylation sites (tertiary alicyclic amines) is 2. The zero-order valence-corrected chi connectivity index (χ0v) is 19.1. The largest absolute Gasteiger partial charge is 0.434 e. The molecule has 0 atom stereocenters. The molecular weight excluding hydrogens is 494 g/mol. The van der Waals surface area contributed by atoms with Crippen molar-refractivity contribution in [1.82, 2.24) is 19.6 Å². The van der Waals surface area contributed by atoms with Crippen LogP contribution in [0.1, 0.15) is 41.7 Å². The molecule has 2 aromatic rings. The number of rotatable bonds is 4. The molecule has 13 heteroatoms. The van der Waals surface area contributed by atoms with E-state index in [-0.39, 0.29) is 37.5 Å². The Morgan fingerprint density at radius 1 is 0.944 bits per heavy atom. The van der Waals surface area contributed by atoms with E-state index in [4.69, 9.17) is 0 Å². The molecule has 2 aliphatic heterocycles. The Kier molecular flexibility index (Phi) is 6.93. The molecule has 0 bridgehead atoms. The van der Waals surface area contributed by atoms with Gasteiger partial charge in [-0.15, -0.1) is 0 Å². The standard InChI is InChI=1S/C23H24F6N4O3/c24-22(25,26)19(23(27,28)29)36-20(35)31-13-9-21(10-14-31)8-4-11-33(21)18(34)17-7-12-32(30-17)15-16-5-2-1-3-6-16/h1-3,5-7,12,19H,4,8-11,13-15H2. The Morgan fingerprint density at radius 2 is 1.58 bits per heavy atom. The maximum Gasteiger partial charge on any atom is 0.434 e. The van der Waals surface area contributed by atoms with Crippen LogP contribution in [0.2, 0.25) is 0 Å². The minimum absolute atomic E-state index is 0.131. The van der Waals surface area contributed by atoms with Crippen LogP contribution in [0, 0.1) is 0 Å². The van der Waals surface area contributed by atoms with E-state index < -0.39 is 30.1 Å². The molecule has 0 radical (unpaired) electrons. The summed E-state index contributed by atoms with van der Waals surface area (Å²) in [6, 6.07) is 11.2. The number of amides is 2. The van der Waals surface area contributed by atoms with Gasteiger partial charge in [-0.2, -0.15) is 31.4 Å². The average Bonchev–Trinajstić information content (AvgIpc) is 3.44. The van der Waals surface area contributed by atoms with E-state index in [0.717, 1.165) is 10.5 Å². The first kappa shape index (κ1) is 25.8. The first-order valence-electron chi connectivity index (χ1n) is 11.4. The normalized spacial score (nSPS) is 18.2. The van der Waals surface area contributed by atoms with Crippen molar-refractivity contribution < 1.29 is 40.7 Å². The number of hydrogen-bond acceptors (Lipinski definition) is 4. The summed E-state index contributed by atoms with van der Waals surface area (Å²) in [6.07, 6.45) is -14.0. The van der Waals surface area contributed by atoms with Crippen molar-refractivity contribution in [2.24, 2.45) is 0 Å². The molecule has 4 rings (SSSR count). The van der Waals surface area contributed by atoms with Crippen LogP contribution >= 0.6 is 0 Å². The summed E-state index contributed by atoms with van der Waals surface area (Å²) in [7, 11) is 0. The third-order valence-electron chi connectivity index (χ3n) is 6.65. The summed E-state index contributed by atoms with van der Waals surface area (Å²) in [5, 5.41) is 4.38. The summed E-state index contributed by atoms with van der Waals surface area (Å²) in [5.41, 5.74) is 0.604. The smallest absolute Gasteiger partial charge is 0.426 e. The maximum absolute atomic E-state index is 13.3. The Labute approximate surface area is 202 Å². The maximum atomic E-state index is 13.3. The molecule has 196 valence electrons. The van der Waals surface area contributed by atoms with E-state index in [1.54, 1.807) is 21.8 Å². The lowest BCUT2D eigenvalue weighted by Crippen LogP contribution is -2.56. The van der Waals surface area contributed by atoms with Crippen molar-refractivity contribution in [3.63, 3.8) is 0 Å². The highest BCUT2D eigenvalue weighted by atomic mass is 19.4. The van der Waals surface area contributed by atoms with Gasteiger partial charge in [-0.05, 0) is 37.3 Å². The average molecular weight is 518 g/mol. The number of nitrogens with zero attached hydrogens (tertiary/aromatic N) is 4. The third-order valence-corrected chi connectivity index (χ3v) is 6.65. The number of piperidine rings is 1. The molecule has 2 amide bonds. The summed E-state index contributed by atoms with van der Waals surface area (Å²) < 4.78 is 81.9. The predicted molar refractivity (Wildman–Crippen MR) is 114 cm³/mol. The highest BCUT2D eigenvalue weighted by molar-refractivity contribution is 5.93. The zero-order chi connectivity index (χ0) is 26.1. The lowest BCUT2D eigenvalue weighted by Gasteiger charge is -2.44. The van der Waals surface area contributed by atoms with Crippen molar-refractivity contribution in [2.45, 2.75) is 56.2 Å². The van der Waals surface area contributed by atoms with Crippen LogP contribution in [0.5, 0.6) is 0 Å². The fraction of sp³-hybridized carbons (Fsp3) is 0.522. The lowest BCUT2D eigenvalue weighted by molar-refractivity contribution is -0.308. The van der Waals surface area contributed by atoms with Crippen molar-refractivity contribution >= 4 is 12.0 Å². The number of ether oxygens (including phenoxy) is 1. The van der Waals surface area contributed by atoms with Crippen LogP contribution in [0.15, 0.2) is 42.6 Å². The number of carbonyl (C=O) groups is 2. The molecule has 2 aliphatic rings. The fourth-order valence-corrected chi connectivity index (χ4v) is 4.85. The molecule has 2 fully saturated rings. The van der Waals surface area contributed by atoms with E-state index in [0.29, 0.717) is 25.9 Å². The van der Waals surface area contributed by atoms with Gasteiger partial charge in [0.05, 0.1) is 6.54 Å². The van der Waals surface area contributed by atoms with Gasteiger partial charge in [0.15, 0.2) is 0 Å². The number of aromatic nitrogens is 2. The van der Waals surface area contributed by atoms with Gasteiger partial charge in [0.25, 0.3) is 12.0 Å². The second kappa shape index (κ2) is 9.66. The van der Waals surface area contributed by atoms with Crippen LogP contribution in [-0.4, -0.2) is 75.2 Å². The van der Waals surface area contributed by atoms with Gasteiger partial charge in [-0.3, -0.25) is 9.48 Å². The van der Waals surface area contributed by atoms with E-state index in [1.165, 1.54) is 0 Å². The highest BCUT2D eigenvalue weighted by Crippen LogP contribution is 2.40. The van der Waals surface area contributed by atoms with Gasteiger partial charge in [0.1, 0.15) is 5.69 Å². The fourth-order valence-electron chi connectivity index (χ4n) is 4.85. The second-order valence-electron chi connectivity index (χ2n) is 9.00. The predicted octanol–water partition coefficient (Wildman–Crippen LogP) is 4.63. The quantitative estimate of drug-likeness (QED) is 0.554. The molecular formula is C23H24F6N4O3. The Bertz CT molecular complexity index is 1060. The molecule has 36 heavy (non-hydrogen) atoms. The Hall–Kier alpha value is -3.25. The summed E-state index contributed by atoms with van der Waals surface area (Å²) in [6.45, 7) is 0.660.